The molecule has 0 aliphatic rings. The van der Waals surface area contributed by atoms with Crippen LogP contribution < -0.4 is 37.5 Å². The van der Waals surface area contributed by atoms with Crippen LogP contribution in [-0.4, -0.2) is 72.7 Å². The summed E-state index contributed by atoms with van der Waals surface area (Å²) in [5, 5.41) is 20.8. The van der Waals surface area contributed by atoms with Crippen LogP contribution in [0.1, 0.15) is 79.7 Å². The molecule has 0 heterocycles. The molecule has 2 aromatic carbocycles. The summed E-state index contributed by atoms with van der Waals surface area (Å²) in [5.41, 5.74) is 11.5. The minimum absolute atomic E-state index is 0.0628. The number of nitrogens with two attached hydrogens (primary N) is 2. The molecule has 0 aliphatic heterocycles. The summed E-state index contributed by atoms with van der Waals surface area (Å²) < 4.78 is 15.5. The van der Waals surface area contributed by atoms with Crippen LogP contribution in [0.4, 0.5) is 21.0 Å². The molecule has 17 heteroatoms. The molecule has 2 atom stereocenters. The SMILES string of the molecule is CC(CCC(=O)NC(C)C(C)C)OCCC(C)(C)N.CCCNC(N)=O.O=CNCC(=O)Nc1ccc(COC(=O)Oc2ccc([N+](=O)[O-])cc2)cc1. The number of nitro groups is 1. The molecule has 17 nitrogen and oxygen atoms in total. The van der Waals surface area contributed by atoms with Crippen molar-refractivity contribution in [2.45, 2.75) is 98.4 Å². The number of nitro benzene ring substituents is 1. The zero-order valence-electron chi connectivity index (χ0n) is 31.8. The van der Waals surface area contributed by atoms with E-state index < -0.39 is 17.1 Å². The average molecular weight is 748 g/mol. The minimum Gasteiger partial charge on any atom is -0.429 e. The van der Waals surface area contributed by atoms with Gasteiger partial charge in [-0.3, -0.25) is 24.5 Å². The number of hydrogen-bond acceptors (Lipinski definition) is 11. The third-order valence-corrected chi connectivity index (χ3v) is 7.05. The molecule has 0 bridgehead atoms. The van der Waals surface area contributed by atoms with Crippen molar-refractivity contribution in [3.8, 4) is 5.75 Å². The highest BCUT2D eigenvalue weighted by Crippen LogP contribution is 2.18. The van der Waals surface area contributed by atoms with E-state index in [-0.39, 0.29) is 54.1 Å². The van der Waals surface area contributed by atoms with Gasteiger partial charge in [0.1, 0.15) is 12.4 Å². The van der Waals surface area contributed by atoms with E-state index in [9.17, 15) is 34.1 Å². The lowest BCUT2D eigenvalue weighted by Crippen LogP contribution is -2.36. The van der Waals surface area contributed by atoms with Crippen LogP contribution in [0.15, 0.2) is 48.5 Å². The van der Waals surface area contributed by atoms with E-state index in [4.69, 9.17) is 25.7 Å². The van der Waals surface area contributed by atoms with E-state index in [1.54, 1.807) is 24.3 Å². The molecule has 0 radical (unpaired) electrons. The van der Waals surface area contributed by atoms with Crippen molar-refractivity contribution in [3.63, 3.8) is 0 Å². The number of carbonyl (C=O) groups excluding carboxylic acids is 5. The van der Waals surface area contributed by atoms with Crippen LogP contribution in [0.5, 0.6) is 5.75 Å². The summed E-state index contributed by atoms with van der Waals surface area (Å²) in [6, 6.07) is 11.3. The molecule has 2 rings (SSSR count). The smallest absolute Gasteiger partial charge is 0.429 e. The Morgan fingerprint density at radius 1 is 0.981 bits per heavy atom. The van der Waals surface area contributed by atoms with Crippen molar-refractivity contribution in [2.75, 3.05) is 25.0 Å². The van der Waals surface area contributed by atoms with Gasteiger partial charge in [-0.1, -0.05) is 32.9 Å². The number of hydrogen-bond donors (Lipinski definition) is 6. The van der Waals surface area contributed by atoms with E-state index in [0.717, 1.165) is 19.3 Å². The molecular formula is C36H57N7O10. The monoisotopic (exact) mass is 747 g/mol. The molecule has 0 aliphatic carbocycles. The summed E-state index contributed by atoms with van der Waals surface area (Å²) in [5.74, 6) is 0.311. The number of carbonyl (C=O) groups is 5. The Balaban J connectivity index is 0.000000903. The molecule has 0 spiro atoms. The normalized spacial score (nSPS) is 11.6. The van der Waals surface area contributed by atoms with Crippen molar-refractivity contribution in [1.82, 2.24) is 16.0 Å². The third kappa shape index (κ3) is 26.2. The van der Waals surface area contributed by atoms with Gasteiger partial charge < -0.3 is 46.9 Å². The van der Waals surface area contributed by atoms with Gasteiger partial charge >= 0.3 is 12.2 Å². The number of anilines is 1. The number of nitrogens with one attached hydrogen (secondary N) is 4. The molecule has 5 amide bonds. The standard InChI is InChI=1S/C17H15N3O7.C15H32N2O2.C4H10N2O/c21-11-18-9-16(22)19-13-3-1-12(2-4-13)10-26-17(23)27-15-7-5-14(6-8-15)20(24)25;1-11(2)13(4)17-14(18)8-7-12(3)19-10-9-15(5,6)16;1-2-3-6-4(5)7/h1-8,11H,9-10H2,(H,18,21)(H,19,22);11-13H,7-10,16H2,1-6H3,(H,17,18);2-3H2,1H3,(H3,5,6,7). The van der Waals surface area contributed by atoms with Crippen LogP contribution >= 0.6 is 0 Å². The summed E-state index contributed by atoms with van der Waals surface area (Å²) >= 11 is 0. The highest BCUT2D eigenvalue weighted by atomic mass is 16.7. The van der Waals surface area contributed by atoms with E-state index >= 15 is 0 Å². The first-order chi connectivity index (χ1) is 24.9. The topological polar surface area (TPSA) is 256 Å². The first-order valence-electron chi connectivity index (χ1n) is 17.2. The molecule has 2 unspecified atom stereocenters. The van der Waals surface area contributed by atoms with E-state index in [1.165, 1.54) is 24.3 Å². The molecule has 2 aromatic rings. The molecule has 0 saturated heterocycles. The number of ether oxygens (including phenoxy) is 3. The van der Waals surface area contributed by atoms with Gasteiger partial charge in [-0.05, 0) is 82.7 Å². The first-order valence-corrected chi connectivity index (χ1v) is 17.2. The molecule has 53 heavy (non-hydrogen) atoms. The largest absolute Gasteiger partial charge is 0.514 e. The lowest BCUT2D eigenvalue weighted by Gasteiger charge is -2.21. The summed E-state index contributed by atoms with van der Waals surface area (Å²) in [7, 11) is 0. The lowest BCUT2D eigenvalue weighted by atomic mass is 10.0. The van der Waals surface area contributed by atoms with Crippen molar-refractivity contribution in [1.29, 1.82) is 0 Å². The fraction of sp³-hybridized carbons (Fsp3) is 0.528. The predicted octanol–water partition coefficient (Wildman–Crippen LogP) is 4.52. The van der Waals surface area contributed by atoms with Crippen molar-refractivity contribution in [2.24, 2.45) is 17.4 Å². The van der Waals surface area contributed by atoms with Crippen LogP contribution in [0, 0.1) is 16.0 Å². The second kappa shape index (κ2) is 26.5. The average Bonchev–Trinajstić information content (AvgIpc) is 3.08. The number of benzene rings is 2. The van der Waals surface area contributed by atoms with Crippen LogP contribution in [0.25, 0.3) is 0 Å². The maximum absolute atomic E-state index is 11.7. The van der Waals surface area contributed by atoms with Gasteiger partial charge in [0.05, 0.1) is 17.6 Å². The van der Waals surface area contributed by atoms with Crippen molar-refractivity contribution in [3.05, 3.63) is 64.2 Å². The Morgan fingerprint density at radius 2 is 1.60 bits per heavy atom. The number of amides is 5. The van der Waals surface area contributed by atoms with Crippen LogP contribution in [0.2, 0.25) is 0 Å². The van der Waals surface area contributed by atoms with Gasteiger partial charge in [-0.2, -0.15) is 0 Å². The molecule has 0 fully saturated rings. The highest BCUT2D eigenvalue weighted by Gasteiger charge is 2.14. The Hall–Kier alpha value is -5.29. The second-order valence-corrected chi connectivity index (χ2v) is 13.0. The molecule has 0 saturated carbocycles. The number of urea groups is 1. The number of nitrogens with zero attached hydrogens (tertiary/aromatic N) is 1. The quantitative estimate of drug-likeness (QED) is 0.0383. The second-order valence-electron chi connectivity index (χ2n) is 13.0. The molecule has 8 N–H and O–H groups in total. The fourth-order valence-corrected chi connectivity index (χ4v) is 3.61. The van der Waals surface area contributed by atoms with E-state index in [2.05, 4.69) is 35.1 Å². The first kappa shape index (κ1) is 47.7. The maximum atomic E-state index is 11.7. The molecular weight excluding hydrogens is 690 g/mol. The zero-order valence-corrected chi connectivity index (χ0v) is 31.8. The summed E-state index contributed by atoms with van der Waals surface area (Å²) in [6.07, 6.45) is 2.60. The predicted molar refractivity (Wildman–Crippen MR) is 201 cm³/mol. The van der Waals surface area contributed by atoms with Gasteiger partial charge in [0.15, 0.2) is 0 Å². The highest BCUT2D eigenvalue weighted by molar-refractivity contribution is 5.93. The summed E-state index contributed by atoms with van der Waals surface area (Å²) in [6.45, 7) is 15.3. The van der Waals surface area contributed by atoms with Crippen molar-refractivity contribution >= 4 is 41.8 Å². The fourth-order valence-electron chi connectivity index (χ4n) is 3.61. The van der Waals surface area contributed by atoms with Gasteiger partial charge in [-0.25, -0.2) is 9.59 Å². The Kier molecular flexibility index (Phi) is 23.8. The summed E-state index contributed by atoms with van der Waals surface area (Å²) in [4.78, 5) is 64.8. The number of non-ortho nitro benzene ring substituents is 1. The Bertz CT molecular complexity index is 1400. The van der Waals surface area contributed by atoms with Crippen LogP contribution in [-0.2, 0) is 30.5 Å². The maximum Gasteiger partial charge on any atom is 0.514 e. The third-order valence-electron chi connectivity index (χ3n) is 7.05. The Labute approximate surface area is 311 Å². The molecule has 0 aromatic heterocycles. The van der Waals surface area contributed by atoms with Crippen LogP contribution in [0.3, 0.4) is 0 Å². The lowest BCUT2D eigenvalue weighted by molar-refractivity contribution is -0.384. The van der Waals surface area contributed by atoms with E-state index in [1.807, 2.05) is 34.6 Å². The zero-order chi connectivity index (χ0) is 40.4. The number of primary amides is 1. The number of rotatable bonds is 19. The van der Waals surface area contributed by atoms with Gasteiger partial charge in [0, 0.05) is 49.0 Å². The van der Waals surface area contributed by atoms with E-state index in [0.29, 0.717) is 43.2 Å². The van der Waals surface area contributed by atoms with Gasteiger partial charge in [0.25, 0.3) is 5.69 Å². The minimum atomic E-state index is -0.957. The van der Waals surface area contributed by atoms with Gasteiger partial charge in [-0.15, -0.1) is 0 Å². The van der Waals surface area contributed by atoms with Crippen molar-refractivity contribution < 1.29 is 43.1 Å². The molecule has 296 valence electrons. The Morgan fingerprint density at radius 3 is 2.09 bits per heavy atom. The van der Waals surface area contributed by atoms with Gasteiger partial charge in [0.2, 0.25) is 18.2 Å².